The van der Waals surface area contributed by atoms with Crippen LogP contribution in [0.3, 0.4) is 0 Å². The molecule has 1 amide bonds. The lowest BCUT2D eigenvalue weighted by atomic mass is 9.98. The number of benzene rings is 2. The average molecular weight is 427 g/mol. The molecule has 0 saturated heterocycles. The van der Waals surface area contributed by atoms with Gasteiger partial charge in [0.1, 0.15) is 25.0 Å². The summed E-state index contributed by atoms with van der Waals surface area (Å²) in [5, 5.41) is 13.0. The summed E-state index contributed by atoms with van der Waals surface area (Å²) in [6.45, 7) is 2.45. The second kappa shape index (κ2) is 10.2. The molecule has 0 atom stereocenters. The number of nitriles is 1. The third-order valence-electron chi connectivity index (χ3n) is 4.69. The van der Waals surface area contributed by atoms with E-state index >= 15 is 0 Å². The van der Waals surface area contributed by atoms with Gasteiger partial charge < -0.3 is 19.7 Å². The van der Waals surface area contributed by atoms with Crippen molar-refractivity contribution < 1.29 is 14.3 Å². The molecule has 0 unspecified atom stereocenters. The lowest BCUT2D eigenvalue weighted by Gasteiger charge is -2.18. The minimum atomic E-state index is -0.242. The molecule has 7 nitrogen and oxygen atoms in total. The van der Waals surface area contributed by atoms with Crippen molar-refractivity contribution in [2.75, 3.05) is 52.3 Å². The molecular weight excluding hydrogens is 404 g/mol. The minimum Gasteiger partial charge on any atom is -0.491 e. The molecule has 1 heterocycles. The van der Waals surface area contributed by atoms with Crippen LogP contribution in [0, 0.1) is 11.3 Å². The van der Waals surface area contributed by atoms with Gasteiger partial charge in [-0.25, -0.2) is 0 Å². The van der Waals surface area contributed by atoms with Gasteiger partial charge in [0, 0.05) is 42.4 Å². The fourth-order valence-electron chi connectivity index (χ4n) is 3.07. The van der Waals surface area contributed by atoms with E-state index in [1.807, 2.05) is 25.2 Å². The Kier molecular flexibility index (Phi) is 7.41. The minimum absolute atomic E-state index is 0.0302. The molecular formula is C22H23ClN4O3. The summed E-state index contributed by atoms with van der Waals surface area (Å²) in [5.74, 6) is 0.172. The zero-order valence-electron chi connectivity index (χ0n) is 16.9. The highest BCUT2D eigenvalue weighted by molar-refractivity contribution is 6.36. The van der Waals surface area contributed by atoms with E-state index in [9.17, 15) is 10.1 Å². The van der Waals surface area contributed by atoms with E-state index in [1.54, 1.807) is 25.3 Å². The van der Waals surface area contributed by atoms with Crippen molar-refractivity contribution in [3.8, 4) is 11.8 Å². The maximum Gasteiger partial charge on any atom is 0.246 e. The zero-order chi connectivity index (χ0) is 21.5. The van der Waals surface area contributed by atoms with Crippen LogP contribution in [0.25, 0.3) is 0 Å². The largest absolute Gasteiger partial charge is 0.491 e. The van der Waals surface area contributed by atoms with Gasteiger partial charge in [0.05, 0.1) is 23.6 Å². The number of halogens is 1. The molecule has 0 aromatic heterocycles. The number of likely N-dealkylation sites (N-methyl/N-ethyl adjacent to an activating group) is 1. The van der Waals surface area contributed by atoms with Gasteiger partial charge in [-0.15, -0.1) is 0 Å². The van der Waals surface area contributed by atoms with Crippen molar-refractivity contribution >= 4 is 28.9 Å². The number of anilines is 1. The number of ether oxygens (including phenoxy) is 2. The van der Waals surface area contributed by atoms with Gasteiger partial charge >= 0.3 is 0 Å². The van der Waals surface area contributed by atoms with E-state index in [0.717, 1.165) is 6.54 Å². The van der Waals surface area contributed by atoms with Crippen molar-refractivity contribution in [3.05, 3.63) is 58.1 Å². The van der Waals surface area contributed by atoms with Gasteiger partial charge in [-0.1, -0.05) is 29.8 Å². The molecule has 1 aliphatic heterocycles. The van der Waals surface area contributed by atoms with Crippen LogP contribution in [0.2, 0.25) is 5.02 Å². The number of methoxy groups -OCH3 is 1. The van der Waals surface area contributed by atoms with E-state index in [-0.39, 0.29) is 12.5 Å². The number of carbonyl (C=O) groups excluding carboxylic acids is 1. The second-order valence-corrected chi connectivity index (χ2v) is 7.25. The molecule has 3 rings (SSSR count). The predicted octanol–water partition coefficient (Wildman–Crippen LogP) is 2.96. The van der Waals surface area contributed by atoms with Crippen molar-refractivity contribution in [3.63, 3.8) is 0 Å². The highest BCUT2D eigenvalue weighted by Gasteiger charge is 2.22. The number of nitrogens with one attached hydrogen (secondary N) is 1. The number of nitrogens with zero attached hydrogens (tertiary/aromatic N) is 3. The first-order valence-corrected chi connectivity index (χ1v) is 9.89. The Morgan fingerprint density at radius 3 is 2.73 bits per heavy atom. The first-order valence-electron chi connectivity index (χ1n) is 9.51. The monoisotopic (exact) mass is 426 g/mol. The average Bonchev–Trinajstić information content (AvgIpc) is 2.89. The molecule has 0 aliphatic carbocycles. The van der Waals surface area contributed by atoms with Crippen LogP contribution in [-0.2, 0) is 9.53 Å². The van der Waals surface area contributed by atoms with Crippen LogP contribution in [0.5, 0.6) is 5.75 Å². The molecule has 1 N–H and O–H groups in total. The van der Waals surface area contributed by atoms with Crippen LogP contribution >= 0.6 is 11.6 Å². The quantitative estimate of drug-likeness (QED) is 0.701. The summed E-state index contributed by atoms with van der Waals surface area (Å²) in [6, 6.07) is 12.8. The molecule has 0 spiro atoms. The van der Waals surface area contributed by atoms with E-state index in [2.05, 4.69) is 21.3 Å². The smallest absolute Gasteiger partial charge is 0.246 e. The SMILES string of the molecule is COCCN(C)CCOc1cc2c(cc1C#N)C(c1ccccc1Cl)=NCC(=O)N2. The van der Waals surface area contributed by atoms with Crippen molar-refractivity contribution in [2.24, 2.45) is 4.99 Å². The molecule has 8 heteroatoms. The number of fused-ring (bicyclic) bond motifs is 1. The van der Waals surface area contributed by atoms with Crippen LogP contribution in [0.1, 0.15) is 16.7 Å². The number of hydrogen-bond acceptors (Lipinski definition) is 6. The summed E-state index contributed by atoms with van der Waals surface area (Å²) in [6.07, 6.45) is 0. The molecule has 1 aliphatic rings. The summed E-state index contributed by atoms with van der Waals surface area (Å²) in [5.41, 5.74) is 2.81. The number of rotatable bonds is 8. The van der Waals surface area contributed by atoms with Gasteiger partial charge in [0.2, 0.25) is 5.91 Å². The molecule has 2 aromatic rings. The molecule has 156 valence electrons. The summed E-state index contributed by atoms with van der Waals surface area (Å²) in [4.78, 5) is 18.7. The van der Waals surface area contributed by atoms with Crippen molar-refractivity contribution in [2.45, 2.75) is 0 Å². The maximum absolute atomic E-state index is 12.2. The number of hydrogen-bond donors (Lipinski definition) is 1. The Hall–Kier alpha value is -2.92. The zero-order valence-corrected chi connectivity index (χ0v) is 17.7. The van der Waals surface area contributed by atoms with Crippen LogP contribution in [0.4, 0.5) is 5.69 Å². The van der Waals surface area contributed by atoms with E-state index in [1.165, 1.54) is 0 Å². The third kappa shape index (κ3) is 5.16. The predicted molar refractivity (Wildman–Crippen MR) is 117 cm³/mol. The number of benzodiazepines with no additional fused rings is 1. The summed E-state index contributed by atoms with van der Waals surface area (Å²) >= 11 is 6.36. The lowest BCUT2D eigenvalue weighted by molar-refractivity contribution is -0.114. The maximum atomic E-state index is 12.2. The van der Waals surface area contributed by atoms with Crippen LogP contribution < -0.4 is 10.1 Å². The summed E-state index contributed by atoms with van der Waals surface area (Å²) < 4.78 is 10.9. The van der Waals surface area contributed by atoms with Crippen LogP contribution in [0.15, 0.2) is 41.4 Å². The van der Waals surface area contributed by atoms with Crippen molar-refractivity contribution in [1.29, 1.82) is 5.26 Å². The number of carbonyl (C=O) groups is 1. The fraction of sp³-hybridized carbons (Fsp3) is 0.318. The topological polar surface area (TPSA) is 87.0 Å². The van der Waals surface area contributed by atoms with Gasteiger partial charge in [-0.2, -0.15) is 5.26 Å². The molecule has 0 bridgehead atoms. The van der Waals surface area contributed by atoms with Crippen LogP contribution in [-0.4, -0.2) is 63.5 Å². The number of amides is 1. The van der Waals surface area contributed by atoms with E-state index in [0.29, 0.717) is 58.6 Å². The van der Waals surface area contributed by atoms with Gasteiger partial charge in [0.25, 0.3) is 0 Å². The first-order chi connectivity index (χ1) is 14.5. The Labute approximate surface area is 180 Å². The molecule has 0 radical (unpaired) electrons. The van der Waals surface area contributed by atoms with Gasteiger partial charge in [-0.3, -0.25) is 9.79 Å². The highest BCUT2D eigenvalue weighted by Crippen LogP contribution is 2.32. The molecule has 0 saturated carbocycles. The molecule has 0 fully saturated rings. The Morgan fingerprint density at radius 2 is 2.00 bits per heavy atom. The third-order valence-corrected chi connectivity index (χ3v) is 5.02. The second-order valence-electron chi connectivity index (χ2n) is 6.84. The molecule has 30 heavy (non-hydrogen) atoms. The fourth-order valence-corrected chi connectivity index (χ4v) is 3.29. The standard InChI is InChI=1S/C22H23ClN4O3/c1-27(7-9-29-2)8-10-30-20-12-19-17(11-15(20)13-24)22(25-14-21(28)26-19)16-5-3-4-6-18(16)23/h3-6,11-12H,7-10,14H2,1-2H3,(H,26,28). The number of aliphatic imine (C=N–C) groups is 1. The van der Waals surface area contributed by atoms with E-state index in [4.69, 9.17) is 21.1 Å². The summed E-state index contributed by atoms with van der Waals surface area (Å²) in [7, 11) is 3.63. The van der Waals surface area contributed by atoms with Crippen molar-refractivity contribution in [1.82, 2.24) is 4.90 Å². The molecule has 2 aromatic carbocycles. The van der Waals surface area contributed by atoms with Gasteiger partial charge in [0.15, 0.2) is 0 Å². The van der Waals surface area contributed by atoms with Gasteiger partial charge in [-0.05, 0) is 19.2 Å². The highest BCUT2D eigenvalue weighted by atomic mass is 35.5. The Balaban J connectivity index is 1.90. The van der Waals surface area contributed by atoms with E-state index < -0.39 is 0 Å². The normalized spacial score (nSPS) is 13.2. The Bertz CT molecular complexity index is 1000. The lowest BCUT2D eigenvalue weighted by Crippen LogP contribution is -2.27. The first kappa shape index (κ1) is 21.8. The Morgan fingerprint density at radius 1 is 1.23 bits per heavy atom.